The monoisotopic (exact) mass is 245 g/mol. The normalized spacial score (nSPS) is 11.7. The zero-order valence-corrected chi connectivity index (χ0v) is 10.0. The molecule has 16 heavy (non-hydrogen) atoms. The molecule has 0 aliphatic heterocycles. The number of nitrogens with two attached hydrogens (primary N) is 1. The van der Waals surface area contributed by atoms with Gasteiger partial charge in [0.05, 0.1) is 5.75 Å². The predicted octanol–water partition coefficient (Wildman–Crippen LogP) is -0.638. The predicted molar refractivity (Wildman–Crippen MR) is 62.4 cm³/mol. The Labute approximate surface area is 94.7 Å². The highest BCUT2D eigenvalue weighted by Gasteiger charge is 2.12. The Balaban J connectivity index is 2.48. The molecule has 7 nitrogen and oxygen atoms in total. The van der Waals surface area contributed by atoms with Crippen LogP contribution in [0.4, 0.5) is 11.8 Å². The molecule has 0 aliphatic carbocycles. The summed E-state index contributed by atoms with van der Waals surface area (Å²) in [6.45, 7) is 0.240. The summed E-state index contributed by atoms with van der Waals surface area (Å²) in [6, 6.07) is 1.56. The molecule has 3 N–H and O–H groups in total. The molecule has 0 amide bonds. The number of aromatic nitrogens is 2. The lowest BCUT2D eigenvalue weighted by molar-refractivity contribution is 0.521. The van der Waals surface area contributed by atoms with Crippen LogP contribution in [0.15, 0.2) is 12.3 Å². The molecule has 0 atom stereocenters. The van der Waals surface area contributed by atoms with Crippen LogP contribution in [0.3, 0.4) is 0 Å². The van der Waals surface area contributed by atoms with Crippen LogP contribution < -0.4 is 11.1 Å². The maximum absolute atomic E-state index is 11.4. The summed E-state index contributed by atoms with van der Waals surface area (Å²) < 4.78 is 24.0. The quantitative estimate of drug-likeness (QED) is 0.715. The van der Waals surface area contributed by atoms with E-state index in [4.69, 9.17) is 5.73 Å². The fraction of sp³-hybridized carbons (Fsp3) is 0.500. The van der Waals surface area contributed by atoms with E-state index in [1.807, 2.05) is 0 Å². The fourth-order valence-corrected chi connectivity index (χ4v) is 1.66. The number of nitrogens with one attached hydrogen (secondary N) is 1. The molecule has 0 spiro atoms. The van der Waals surface area contributed by atoms with Crippen molar-refractivity contribution in [1.82, 2.24) is 14.3 Å². The minimum absolute atomic E-state index is 0.0157. The number of sulfonamides is 1. The van der Waals surface area contributed by atoms with E-state index in [-0.39, 0.29) is 12.3 Å². The minimum Gasteiger partial charge on any atom is -0.384 e. The molecular weight excluding hydrogens is 230 g/mol. The number of hydrogen-bond acceptors (Lipinski definition) is 6. The number of anilines is 2. The van der Waals surface area contributed by atoms with Crippen LogP contribution in [-0.2, 0) is 10.0 Å². The molecule has 90 valence electrons. The maximum Gasteiger partial charge on any atom is 0.224 e. The van der Waals surface area contributed by atoms with Crippen LogP contribution in [-0.4, -0.2) is 49.1 Å². The van der Waals surface area contributed by atoms with Gasteiger partial charge < -0.3 is 11.1 Å². The summed E-state index contributed by atoms with van der Waals surface area (Å²) >= 11 is 0. The lowest BCUT2D eigenvalue weighted by atomic mass is 10.6. The van der Waals surface area contributed by atoms with Crippen molar-refractivity contribution in [2.24, 2.45) is 0 Å². The Kier molecular flexibility index (Phi) is 4.02. The van der Waals surface area contributed by atoms with Crippen molar-refractivity contribution in [2.75, 3.05) is 37.4 Å². The molecule has 1 aromatic heterocycles. The van der Waals surface area contributed by atoms with E-state index in [1.54, 1.807) is 6.07 Å². The molecule has 8 heteroatoms. The van der Waals surface area contributed by atoms with E-state index in [0.29, 0.717) is 11.8 Å². The second kappa shape index (κ2) is 5.08. The summed E-state index contributed by atoms with van der Waals surface area (Å²) in [6.07, 6.45) is 1.51. The Morgan fingerprint density at radius 1 is 1.50 bits per heavy atom. The highest BCUT2D eigenvalue weighted by atomic mass is 32.2. The van der Waals surface area contributed by atoms with Crippen molar-refractivity contribution in [3.63, 3.8) is 0 Å². The summed E-state index contributed by atoms with van der Waals surface area (Å²) in [7, 11) is -0.210. The lowest BCUT2D eigenvalue weighted by Crippen LogP contribution is -2.28. The summed E-state index contributed by atoms with van der Waals surface area (Å²) in [4.78, 5) is 7.78. The summed E-state index contributed by atoms with van der Waals surface area (Å²) in [5.41, 5.74) is 5.45. The highest BCUT2D eigenvalue weighted by molar-refractivity contribution is 7.89. The van der Waals surface area contributed by atoms with Gasteiger partial charge in [0.1, 0.15) is 5.82 Å². The smallest absolute Gasteiger partial charge is 0.224 e. The van der Waals surface area contributed by atoms with Crippen LogP contribution in [0.5, 0.6) is 0 Å². The maximum atomic E-state index is 11.4. The van der Waals surface area contributed by atoms with E-state index in [9.17, 15) is 8.42 Å². The van der Waals surface area contributed by atoms with Crippen molar-refractivity contribution in [3.8, 4) is 0 Å². The first-order valence-electron chi connectivity index (χ1n) is 4.64. The number of nitrogen functional groups attached to an aromatic ring is 1. The SMILES string of the molecule is CN(C)S(=O)(=O)CCNc1nccc(N)n1. The van der Waals surface area contributed by atoms with Gasteiger partial charge in [-0.15, -0.1) is 0 Å². The molecule has 0 saturated carbocycles. The molecule has 1 rings (SSSR count). The molecule has 0 saturated heterocycles. The van der Waals surface area contributed by atoms with Crippen molar-refractivity contribution in [1.29, 1.82) is 0 Å². The van der Waals surface area contributed by atoms with Gasteiger partial charge in [0.15, 0.2) is 0 Å². The van der Waals surface area contributed by atoms with Crippen molar-refractivity contribution in [3.05, 3.63) is 12.3 Å². The zero-order chi connectivity index (χ0) is 12.2. The van der Waals surface area contributed by atoms with Gasteiger partial charge in [-0.1, -0.05) is 0 Å². The van der Waals surface area contributed by atoms with Gasteiger partial charge in [-0.3, -0.25) is 0 Å². The van der Waals surface area contributed by atoms with Gasteiger partial charge in [-0.2, -0.15) is 4.98 Å². The highest BCUT2D eigenvalue weighted by Crippen LogP contribution is 2.01. The van der Waals surface area contributed by atoms with E-state index < -0.39 is 10.0 Å². The third-order valence-electron chi connectivity index (χ3n) is 1.88. The molecule has 0 aromatic carbocycles. The van der Waals surface area contributed by atoms with Crippen LogP contribution >= 0.6 is 0 Å². The van der Waals surface area contributed by atoms with Gasteiger partial charge >= 0.3 is 0 Å². The van der Waals surface area contributed by atoms with Crippen LogP contribution in [0.25, 0.3) is 0 Å². The van der Waals surface area contributed by atoms with E-state index in [2.05, 4.69) is 15.3 Å². The molecule has 0 unspecified atom stereocenters. The topological polar surface area (TPSA) is 101 Å². The van der Waals surface area contributed by atoms with Gasteiger partial charge in [-0.05, 0) is 6.07 Å². The first-order valence-corrected chi connectivity index (χ1v) is 6.25. The van der Waals surface area contributed by atoms with Gasteiger partial charge in [-0.25, -0.2) is 17.7 Å². The van der Waals surface area contributed by atoms with E-state index >= 15 is 0 Å². The molecule has 0 aliphatic rings. The molecule has 0 radical (unpaired) electrons. The molecule has 0 bridgehead atoms. The fourth-order valence-electron chi connectivity index (χ4n) is 0.932. The van der Waals surface area contributed by atoms with Crippen LogP contribution in [0.2, 0.25) is 0 Å². The van der Waals surface area contributed by atoms with E-state index in [1.165, 1.54) is 24.6 Å². The van der Waals surface area contributed by atoms with Gasteiger partial charge in [0.2, 0.25) is 16.0 Å². The number of rotatable bonds is 5. The van der Waals surface area contributed by atoms with Crippen molar-refractivity contribution in [2.45, 2.75) is 0 Å². The first kappa shape index (κ1) is 12.7. The van der Waals surface area contributed by atoms with Crippen molar-refractivity contribution < 1.29 is 8.42 Å². The van der Waals surface area contributed by atoms with Crippen molar-refractivity contribution >= 4 is 21.8 Å². The summed E-state index contributed by atoms with van der Waals surface area (Å²) in [5, 5.41) is 2.79. The average Bonchev–Trinajstić information content (AvgIpc) is 2.17. The van der Waals surface area contributed by atoms with Crippen LogP contribution in [0.1, 0.15) is 0 Å². The Hall–Kier alpha value is -1.41. The van der Waals surface area contributed by atoms with E-state index in [0.717, 1.165) is 0 Å². The third-order valence-corrected chi connectivity index (χ3v) is 3.71. The summed E-state index contributed by atoms with van der Waals surface area (Å²) in [5.74, 6) is 0.653. The number of nitrogens with zero attached hydrogens (tertiary/aromatic N) is 3. The zero-order valence-electron chi connectivity index (χ0n) is 9.21. The second-order valence-corrected chi connectivity index (χ2v) is 5.63. The number of hydrogen-bond donors (Lipinski definition) is 2. The van der Waals surface area contributed by atoms with Gasteiger partial charge in [0, 0.05) is 26.8 Å². The average molecular weight is 245 g/mol. The largest absolute Gasteiger partial charge is 0.384 e. The first-order chi connectivity index (χ1) is 7.42. The Morgan fingerprint density at radius 2 is 2.19 bits per heavy atom. The molecule has 1 aromatic rings. The molecular formula is C8H15N5O2S. The minimum atomic E-state index is -3.19. The molecule has 1 heterocycles. The van der Waals surface area contributed by atoms with Gasteiger partial charge in [0.25, 0.3) is 0 Å². The lowest BCUT2D eigenvalue weighted by Gasteiger charge is -2.11. The standard InChI is InChI=1S/C8H15N5O2S/c1-13(2)16(14,15)6-5-11-8-10-4-3-7(9)12-8/h3-4H,5-6H2,1-2H3,(H3,9,10,11,12). The second-order valence-electron chi connectivity index (χ2n) is 3.33. The Bertz CT molecular complexity index is 445. The Morgan fingerprint density at radius 3 is 2.75 bits per heavy atom. The third kappa shape index (κ3) is 3.63. The molecule has 0 fully saturated rings. The van der Waals surface area contributed by atoms with Crippen LogP contribution in [0, 0.1) is 0 Å².